The Kier molecular flexibility index (Phi) is 4.32. The number of aromatic nitrogens is 2. The van der Waals surface area contributed by atoms with Gasteiger partial charge in [0.2, 0.25) is 10.0 Å². The Morgan fingerprint density at radius 3 is 2.85 bits per heavy atom. The maximum absolute atomic E-state index is 12.4. The summed E-state index contributed by atoms with van der Waals surface area (Å²) in [7, 11) is -3.77. The summed E-state index contributed by atoms with van der Waals surface area (Å²) in [6, 6.07) is 3.88. The highest BCUT2D eigenvalue weighted by Gasteiger charge is 2.23. The zero-order valence-electron chi connectivity index (χ0n) is 10.8. The number of anilines is 1. The fraction of sp³-hybridized carbons (Fsp3) is 0.250. The third-order valence-electron chi connectivity index (χ3n) is 2.82. The number of nitrogens with one attached hydrogen (secondary N) is 2. The Bertz CT molecular complexity index is 685. The first-order valence-electron chi connectivity index (χ1n) is 6.00. The molecule has 2 aromatic rings. The summed E-state index contributed by atoms with van der Waals surface area (Å²) in [6.45, 7) is 1.86. The van der Waals surface area contributed by atoms with Crippen LogP contribution in [0.2, 0.25) is 5.02 Å². The number of halogens is 1. The molecule has 0 saturated heterocycles. The predicted octanol–water partition coefficient (Wildman–Crippen LogP) is 2.07. The molecule has 0 aliphatic heterocycles. The minimum Gasteiger partial charge on any atom is -0.398 e. The second-order valence-electron chi connectivity index (χ2n) is 4.24. The molecule has 1 aromatic carbocycles. The van der Waals surface area contributed by atoms with Crippen molar-refractivity contribution < 1.29 is 8.42 Å². The molecule has 0 amide bonds. The summed E-state index contributed by atoms with van der Waals surface area (Å²) >= 11 is 5.83. The number of hydrogen-bond acceptors (Lipinski definition) is 4. The minimum absolute atomic E-state index is 0.0324. The fourth-order valence-electron chi connectivity index (χ4n) is 1.79. The number of hydrogen-bond donors (Lipinski definition) is 3. The van der Waals surface area contributed by atoms with Gasteiger partial charge in [0.1, 0.15) is 10.7 Å². The highest BCUT2D eigenvalue weighted by Crippen LogP contribution is 2.24. The smallest absolute Gasteiger partial charge is 0.243 e. The van der Waals surface area contributed by atoms with Crippen LogP contribution in [0.25, 0.3) is 0 Å². The molecule has 0 fully saturated rings. The maximum Gasteiger partial charge on any atom is 0.243 e. The largest absolute Gasteiger partial charge is 0.398 e. The van der Waals surface area contributed by atoms with Gasteiger partial charge in [-0.25, -0.2) is 18.1 Å². The van der Waals surface area contributed by atoms with Crippen molar-refractivity contribution in [1.29, 1.82) is 0 Å². The van der Waals surface area contributed by atoms with E-state index < -0.39 is 16.1 Å². The average molecular weight is 315 g/mol. The van der Waals surface area contributed by atoms with Crippen LogP contribution < -0.4 is 10.5 Å². The van der Waals surface area contributed by atoms with Gasteiger partial charge < -0.3 is 10.7 Å². The lowest BCUT2D eigenvalue weighted by molar-refractivity contribution is 0.539. The van der Waals surface area contributed by atoms with Crippen LogP contribution in [-0.4, -0.2) is 18.4 Å². The highest BCUT2D eigenvalue weighted by atomic mass is 35.5. The molecule has 108 valence electrons. The quantitative estimate of drug-likeness (QED) is 0.735. The lowest BCUT2D eigenvalue weighted by atomic mass is 10.2. The van der Waals surface area contributed by atoms with Crippen LogP contribution in [0.15, 0.2) is 35.5 Å². The summed E-state index contributed by atoms with van der Waals surface area (Å²) in [4.78, 5) is 6.93. The van der Waals surface area contributed by atoms with Gasteiger partial charge in [-0.1, -0.05) is 18.5 Å². The number of nitrogens with two attached hydrogens (primary N) is 1. The van der Waals surface area contributed by atoms with Crippen molar-refractivity contribution in [3.05, 3.63) is 41.4 Å². The van der Waals surface area contributed by atoms with Gasteiger partial charge >= 0.3 is 0 Å². The number of nitrogens with zero attached hydrogens (tertiary/aromatic N) is 1. The van der Waals surface area contributed by atoms with Gasteiger partial charge in [0, 0.05) is 17.4 Å². The third-order valence-corrected chi connectivity index (χ3v) is 4.58. The molecule has 1 unspecified atom stereocenters. The van der Waals surface area contributed by atoms with E-state index in [-0.39, 0.29) is 10.6 Å². The van der Waals surface area contributed by atoms with E-state index in [1.165, 1.54) is 12.1 Å². The zero-order valence-corrected chi connectivity index (χ0v) is 12.4. The molecule has 2 rings (SSSR count). The van der Waals surface area contributed by atoms with Crippen LogP contribution in [-0.2, 0) is 10.0 Å². The van der Waals surface area contributed by atoms with Gasteiger partial charge in [-0.3, -0.25) is 0 Å². The molecule has 0 spiro atoms. The van der Waals surface area contributed by atoms with E-state index in [2.05, 4.69) is 14.7 Å². The number of rotatable bonds is 5. The predicted molar refractivity (Wildman–Crippen MR) is 77.8 cm³/mol. The van der Waals surface area contributed by atoms with Crippen molar-refractivity contribution in [2.45, 2.75) is 24.3 Å². The Labute approximate surface area is 122 Å². The first-order chi connectivity index (χ1) is 9.44. The van der Waals surface area contributed by atoms with Crippen molar-refractivity contribution in [2.75, 3.05) is 5.73 Å². The van der Waals surface area contributed by atoms with E-state index in [9.17, 15) is 8.42 Å². The monoisotopic (exact) mass is 314 g/mol. The topological polar surface area (TPSA) is 101 Å². The van der Waals surface area contributed by atoms with Crippen molar-refractivity contribution in [1.82, 2.24) is 14.7 Å². The Balaban J connectivity index is 2.33. The Hall–Kier alpha value is -1.57. The van der Waals surface area contributed by atoms with Gasteiger partial charge in [-0.15, -0.1) is 0 Å². The lowest BCUT2D eigenvalue weighted by Gasteiger charge is -2.16. The van der Waals surface area contributed by atoms with E-state index in [1.54, 1.807) is 18.5 Å². The molecule has 0 aliphatic carbocycles. The SMILES string of the molecule is CCC(NS(=O)(=O)c1cc(Cl)ccc1N)c1ncc[nH]1. The van der Waals surface area contributed by atoms with Crippen LogP contribution in [0, 0.1) is 0 Å². The second-order valence-corrected chi connectivity index (χ2v) is 6.36. The number of aromatic amines is 1. The number of H-pyrrole nitrogens is 1. The van der Waals surface area contributed by atoms with Crippen LogP contribution in [0.4, 0.5) is 5.69 Å². The molecule has 0 saturated carbocycles. The Morgan fingerprint density at radius 1 is 1.50 bits per heavy atom. The minimum atomic E-state index is -3.77. The van der Waals surface area contributed by atoms with Gasteiger partial charge in [0.05, 0.1) is 11.7 Å². The van der Waals surface area contributed by atoms with E-state index in [1.807, 2.05) is 6.92 Å². The first-order valence-corrected chi connectivity index (χ1v) is 7.86. The number of sulfonamides is 1. The molecule has 0 bridgehead atoms. The van der Waals surface area contributed by atoms with E-state index in [0.717, 1.165) is 0 Å². The van der Waals surface area contributed by atoms with Gasteiger partial charge in [-0.2, -0.15) is 0 Å². The van der Waals surface area contributed by atoms with E-state index in [0.29, 0.717) is 17.3 Å². The summed E-state index contributed by atoms with van der Waals surface area (Å²) in [6.07, 6.45) is 3.76. The highest BCUT2D eigenvalue weighted by molar-refractivity contribution is 7.89. The molecule has 1 heterocycles. The summed E-state index contributed by atoms with van der Waals surface area (Å²) in [5.41, 5.74) is 5.86. The van der Waals surface area contributed by atoms with Crippen LogP contribution in [0.5, 0.6) is 0 Å². The number of benzene rings is 1. The van der Waals surface area contributed by atoms with Gasteiger partial charge in [-0.05, 0) is 24.6 Å². The summed E-state index contributed by atoms with van der Waals surface area (Å²) < 4.78 is 27.3. The first kappa shape index (κ1) is 14.8. The Morgan fingerprint density at radius 2 is 2.25 bits per heavy atom. The standard InChI is InChI=1S/C12H15ClN4O2S/c1-2-10(12-15-5-6-16-12)17-20(18,19)11-7-8(13)3-4-9(11)14/h3-7,10,17H,2,14H2,1H3,(H,15,16). The molecule has 1 aromatic heterocycles. The number of nitrogen functional groups attached to an aromatic ring is 1. The van der Waals surface area contributed by atoms with Crippen molar-refractivity contribution in [3.8, 4) is 0 Å². The maximum atomic E-state index is 12.4. The molecular weight excluding hydrogens is 300 g/mol. The molecule has 0 radical (unpaired) electrons. The molecule has 0 aliphatic rings. The van der Waals surface area contributed by atoms with Crippen molar-refractivity contribution >= 4 is 27.3 Å². The molecular formula is C12H15ClN4O2S. The second kappa shape index (κ2) is 5.82. The summed E-state index contributed by atoms with van der Waals surface area (Å²) in [5.74, 6) is 0.552. The molecule has 6 nitrogen and oxygen atoms in total. The lowest BCUT2D eigenvalue weighted by Crippen LogP contribution is -2.29. The van der Waals surface area contributed by atoms with Gasteiger partial charge in [0.25, 0.3) is 0 Å². The van der Waals surface area contributed by atoms with Crippen LogP contribution in [0.1, 0.15) is 25.2 Å². The molecule has 8 heteroatoms. The fourth-order valence-corrected chi connectivity index (χ4v) is 3.47. The van der Waals surface area contributed by atoms with Crippen molar-refractivity contribution in [2.24, 2.45) is 0 Å². The summed E-state index contributed by atoms with van der Waals surface area (Å²) in [5, 5.41) is 0.311. The van der Waals surface area contributed by atoms with Gasteiger partial charge in [0.15, 0.2) is 0 Å². The number of imidazole rings is 1. The van der Waals surface area contributed by atoms with Crippen molar-refractivity contribution in [3.63, 3.8) is 0 Å². The zero-order chi connectivity index (χ0) is 14.8. The molecule has 1 atom stereocenters. The normalized spacial score (nSPS) is 13.3. The van der Waals surface area contributed by atoms with Crippen LogP contribution in [0.3, 0.4) is 0 Å². The third kappa shape index (κ3) is 3.12. The van der Waals surface area contributed by atoms with Crippen LogP contribution >= 0.6 is 11.6 Å². The molecule has 20 heavy (non-hydrogen) atoms. The molecule has 4 N–H and O–H groups in total. The van der Waals surface area contributed by atoms with E-state index in [4.69, 9.17) is 17.3 Å². The van der Waals surface area contributed by atoms with E-state index >= 15 is 0 Å². The average Bonchev–Trinajstić information content (AvgIpc) is 2.92.